The zero-order valence-corrected chi connectivity index (χ0v) is 9.91. The summed E-state index contributed by atoms with van der Waals surface area (Å²) in [6.45, 7) is 3.83. The van der Waals surface area contributed by atoms with Crippen LogP contribution in [0.15, 0.2) is 12.3 Å². The second-order valence-corrected chi connectivity index (χ2v) is 4.51. The Morgan fingerprint density at radius 1 is 1.60 bits per heavy atom. The summed E-state index contributed by atoms with van der Waals surface area (Å²) in [5, 5.41) is 9.72. The molecule has 4 nitrogen and oxygen atoms in total. The Morgan fingerprint density at radius 2 is 2.20 bits per heavy atom. The second-order valence-electron chi connectivity index (χ2n) is 4.10. The van der Waals surface area contributed by atoms with E-state index < -0.39 is 5.54 Å². The monoisotopic (exact) mass is 229 g/mol. The first-order chi connectivity index (χ1) is 6.88. The van der Waals surface area contributed by atoms with Crippen molar-refractivity contribution in [3.8, 4) is 0 Å². The number of aliphatic hydroxyl groups excluding tert-OH is 1. The SMILES string of the molecule is CN(c1ncc(N)cc1Cl)C(C)(C)CO. The van der Waals surface area contributed by atoms with Crippen LogP contribution in [0.5, 0.6) is 0 Å². The fourth-order valence-corrected chi connectivity index (χ4v) is 1.39. The van der Waals surface area contributed by atoms with Crippen molar-refractivity contribution in [2.45, 2.75) is 19.4 Å². The second kappa shape index (κ2) is 4.24. The molecule has 5 heteroatoms. The number of aliphatic hydroxyl groups is 1. The van der Waals surface area contributed by atoms with Gasteiger partial charge < -0.3 is 15.7 Å². The lowest BCUT2D eigenvalue weighted by atomic mass is 10.1. The molecule has 0 aliphatic rings. The molecule has 0 saturated carbocycles. The summed E-state index contributed by atoms with van der Waals surface area (Å²) in [7, 11) is 1.83. The number of likely N-dealkylation sites (N-methyl/N-ethyl adjacent to an activating group) is 1. The predicted octanol–water partition coefficient (Wildman–Crippen LogP) is 1.52. The molecule has 0 unspecified atom stereocenters. The van der Waals surface area contributed by atoms with Gasteiger partial charge in [0, 0.05) is 7.05 Å². The summed E-state index contributed by atoms with van der Waals surface area (Å²) in [5.74, 6) is 0.616. The van der Waals surface area contributed by atoms with Crippen molar-refractivity contribution in [2.24, 2.45) is 0 Å². The van der Waals surface area contributed by atoms with E-state index in [0.29, 0.717) is 16.5 Å². The minimum absolute atomic E-state index is 0.0197. The maximum Gasteiger partial charge on any atom is 0.147 e. The Morgan fingerprint density at radius 3 is 2.67 bits per heavy atom. The zero-order chi connectivity index (χ0) is 11.6. The molecule has 0 atom stereocenters. The molecule has 15 heavy (non-hydrogen) atoms. The van der Waals surface area contributed by atoms with Crippen molar-refractivity contribution in [1.29, 1.82) is 0 Å². The van der Waals surface area contributed by atoms with Gasteiger partial charge in [0.15, 0.2) is 0 Å². The van der Waals surface area contributed by atoms with Crippen LogP contribution in [0.3, 0.4) is 0 Å². The number of aromatic nitrogens is 1. The number of anilines is 2. The number of halogens is 1. The third kappa shape index (κ3) is 2.52. The quantitative estimate of drug-likeness (QED) is 0.825. The van der Waals surface area contributed by atoms with Crippen LogP contribution in [-0.2, 0) is 0 Å². The van der Waals surface area contributed by atoms with Crippen LogP contribution in [0.25, 0.3) is 0 Å². The first-order valence-electron chi connectivity index (χ1n) is 4.64. The van der Waals surface area contributed by atoms with Gasteiger partial charge in [0.05, 0.1) is 29.1 Å². The van der Waals surface area contributed by atoms with E-state index in [-0.39, 0.29) is 6.61 Å². The standard InChI is InChI=1S/C10H16ClN3O/c1-10(2,6-15)14(3)9-8(11)4-7(12)5-13-9/h4-5,15H,6,12H2,1-3H3. The van der Waals surface area contributed by atoms with Crippen molar-refractivity contribution in [3.05, 3.63) is 17.3 Å². The van der Waals surface area contributed by atoms with Crippen LogP contribution in [0.1, 0.15) is 13.8 Å². The summed E-state index contributed by atoms with van der Waals surface area (Å²) in [6.07, 6.45) is 1.55. The minimum Gasteiger partial charge on any atom is -0.397 e. The Balaban J connectivity index is 3.06. The van der Waals surface area contributed by atoms with Gasteiger partial charge in [-0.25, -0.2) is 4.98 Å². The third-order valence-corrected chi connectivity index (χ3v) is 2.73. The molecule has 0 fully saturated rings. The van der Waals surface area contributed by atoms with Gasteiger partial charge in [-0.3, -0.25) is 0 Å². The van der Waals surface area contributed by atoms with Crippen molar-refractivity contribution in [1.82, 2.24) is 4.98 Å². The lowest BCUT2D eigenvalue weighted by Gasteiger charge is -2.35. The van der Waals surface area contributed by atoms with Gasteiger partial charge >= 0.3 is 0 Å². The van der Waals surface area contributed by atoms with E-state index in [9.17, 15) is 5.11 Å². The molecule has 84 valence electrons. The first kappa shape index (κ1) is 12.1. The predicted molar refractivity (Wildman–Crippen MR) is 63.2 cm³/mol. The molecule has 0 saturated heterocycles. The lowest BCUT2D eigenvalue weighted by Crippen LogP contribution is -2.45. The number of pyridine rings is 1. The number of hydrogen-bond acceptors (Lipinski definition) is 4. The van der Waals surface area contributed by atoms with E-state index in [1.807, 2.05) is 25.8 Å². The summed E-state index contributed by atoms with van der Waals surface area (Å²) in [6, 6.07) is 1.65. The highest BCUT2D eigenvalue weighted by molar-refractivity contribution is 6.33. The van der Waals surface area contributed by atoms with Crippen LogP contribution in [0.2, 0.25) is 5.02 Å². The number of nitrogen functional groups attached to an aromatic ring is 1. The minimum atomic E-state index is -0.410. The molecule has 0 aliphatic carbocycles. The summed E-state index contributed by atoms with van der Waals surface area (Å²) in [5.41, 5.74) is 5.67. The van der Waals surface area contributed by atoms with E-state index in [4.69, 9.17) is 17.3 Å². The number of nitrogens with zero attached hydrogens (tertiary/aromatic N) is 2. The number of hydrogen-bond donors (Lipinski definition) is 2. The topological polar surface area (TPSA) is 62.4 Å². The van der Waals surface area contributed by atoms with Gasteiger partial charge in [-0.2, -0.15) is 0 Å². The van der Waals surface area contributed by atoms with Gasteiger partial charge in [0.2, 0.25) is 0 Å². The lowest BCUT2D eigenvalue weighted by molar-refractivity contribution is 0.215. The van der Waals surface area contributed by atoms with E-state index >= 15 is 0 Å². The van der Waals surface area contributed by atoms with Crippen molar-refractivity contribution in [2.75, 3.05) is 24.3 Å². The number of rotatable bonds is 3. The zero-order valence-electron chi connectivity index (χ0n) is 9.16. The van der Waals surface area contributed by atoms with Gasteiger partial charge in [-0.1, -0.05) is 11.6 Å². The molecule has 1 rings (SSSR count). The van der Waals surface area contributed by atoms with Crippen molar-refractivity contribution in [3.63, 3.8) is 0 Å². The highest BCUT2D eigenvalue weighted by Gasteiger charge is 2.25. The molecule has 0 radical (unpaired) electrons. The highest BCUT2D eigenvalue weighted by Crippen LogP contribution is 2.28. The average Bonchev–Trinajstić information content (AvgIpc) is 2.17. The average molecular weight is 230 g/mol. The maximum absolute atomic E-state index is 9.23. The Hall–Kier alpha value is -1.00. The Kier molecular flexibility index (Phi) is 3.42. The van der Waals surface area contributed by atoms with Crippen LogP contribution in [-0.4, -0.2) is 29.3 Å². The van der Waals surface area contributed by atoms with E-state index in [1.54, 1.807) is 12.3 Å². The van der Waals surface area contributed by atoms with Crippen LogP contribution in [0, 0.1) is 0 Å². The first-order valence-corrected chi connectivity index (χ1v) is 5.02. The molecule has 1 heterocycles. The fourth-order valence-electron chi connectivity index (χ4n) is 1.09. The van der Waals surface area contributed by atoms with Gasteiger partial charge in [-0.15, -0.1) is 0 Å². The molecule has 0 aromatic carbocycles. The van der Waals surface area contributed by atoms with Crippen LogP contribution in [0.4, 0.5) is 11.5 Å². The molecular weight excluding hydrogens is 214 g/mol. The largest absolute Gasteiger partial charge is 0.397 e. The summed E-state index contributed by atoms with van der Waals surface area (Å²) < 4.78 is 0. The smallest absolute Gasteiger partial charge is 0.147 e. The summed E-state index contributed by atoms with van der Waals surface area (Å²) >= 11 is 6.02. The molecule has 0 spiro atoms. The summed E-state index contributed by atoms with van der Waals surface area (Å²) in [4.78, 5) is 5.98. The molecule has 1 aromatic heterocycles. The van der Waals surface area contributed by atoms with Crippen LogP contribution >= 0.6 is 11.6 Å². The fraction of sp³-hybridized carbons (Fsp3) is 0.500. The van der Waals surface area contributed by atoms with Crippen molar-refractivity contribution < 1.29 is 5.11 Å². The molecular formula is C10H16ClN3O. The molecule has 0 bridgehead atoms. The maximum atomic E-state index is 9.23. The highest BCUT2D eigenvalue weighted by atomic mass is 35.5. The third-order valence-electron chi connectivity index (χ3n) is 2.46. The Bertz CT molecular complexity index is 355. The van der Waals surface area contributed by atoms with Crippen LogP contribution < -0.4 is 10.6 Å². The van der Waals surface area contributed by atoms with Gasteiger partial charge in [0.1, 0.15) is 5.82 Å². The molecule has 3 N–H and O–H groups in total. The molecule has 1 aromatic rings. The normalized spacial score (nSPS) is 11.5. The van der Waals surface area contributed by atoms with Crippen molar-refractivity contribution >= 4 is 23.1 Å². The molecule has 0 amide bonds. The Labute approximate surface area is 94.7 Å². The van der Waals surface area contributed by atoms with Gasteiger partial charge in [0.25, 0.3) is 0 Å². The van der Waals surface area contributed by atoms with E-state index in [2.05, 4.69) is 4.98 Å². The number of nitrogens with two attached hydrogens (primary N) is 1. The molecule has 0 aliphatic heterocycles. The van der Waals surface area contributed by atoms with E-state index in [0.717, 1.165) is 0 Å². The van der Waals surface area contributed by atoms with E-state index in [1.165, 1.54) is 0 Å². The van der Waals surface area contributed by atoms with Gasteiger partial charge in [-0.05, 0) is 19.9 Å².